The largest absolute Gasteiger partial charge is 0.355 e. The molecule has 1 aliphatic heterocycles. The van der Waals surface area contributed by atoms with Crippen molar-refractivity contribution in [2.24, 2.45) is 18.9 Å². The molecule has 1 amide bonds. The summed E-state index contributed by atoms with van der Waals surface area (Å²) in [5.74, 6) is 0.734. The van der Waals surface area contributed by atoms with E-state index < -0.39 is 0 Å². The molecule has 1 aromatic heterocycles. The van der Waals surface area contributed by atoms with Crippen LogP contribution < -0.4 is 10.6 Å². The van der Waals surface area contributed by atoms with Gasteiger partial charge in [-0.1, -0.05) is 6.92 Å². The molecule has 17 heavy (non-hydrogen) atoms. The number of amides is 1. The summed E-state index contributed by atoms with van der Waals surface area (Å²) in [6, 6.07) is 1.98. The molecule has 0 saturated carbocycles. The number of aryl methyl sites for hydroxylation is 1. The molecule has 5 heteroatoms. The fraction of sp³-hybridized carbons (Fsp3) is 0.667. The third-order valence-corrected chi connectivity index (χ3v) is 3.46. The molecule has 1 aliphatic rings. The molecule has 0 spiro atoms. The van der Waals surface area contributed by atoms with Crippen LogP contribution in [0.4, 0.5) is 0 Å². The van der Waals surface area contributed by atoms with E-state index in [4.69, 9.17) is 0 Å². The molecule has 0 radical (unpaired) electrons. The lowest BCUT2D eigenvalue weighted by atomic mass is 9.97. The smallest absolute Gasteiger partial charge is 0.224 e. The van der Waals surface area contributed by atoms with Crippen molar-refractivity contribution < 1.29 is 4.79 Å². The minimum atomic E-state index is 0.126. The molecule has 1 aromatic rings. The number of rotatable bonds is 4. The van der Waals surface area contributed by atoms with Crippen LogP contribution in [0.1, 0.15) is 12.6 Å². The summed E-state index contributed by atoms with van der Waals surface area (Å²) in [4.78, 5) is 11.9. The first-order valence-corrected chi connectivity index (χ1v) is 6.14. The van der Waals surface area contributed by atoms with Crippen LogP contribution in [0.25, 0.3) is 0 Å². The summed E-state index contributed by atoms with van der Waals surface area (Å²) >= 11 is 0. The molecule has 0 aliphatic carbocycles. The van der Waals surface area contributed by atoms with E-state index in [9.17, 15) is 4.79 Å². The molecule has 94 valence electrons. The summed E-state index contributed by atoms with van der Waals surface area (Å²) in [6.07, 6.45) is 2.61. The van der Waals surface area contributed by atoms with Crippen LogP contribution in [0.15, 0.2) is 12.3 Å². The lowest BCUT2D eigenvalue weighted by molar-refractivity contribution is -0.125. The Bertz CT molecular complexity index is 388. The van der Waals surface area contributed by atoms with Crippen molar-refractivity contribution >= 4 is 5.91 Å². The van der Waals surface area contributed by atoms with Crippen LogP contribution >= 0.6 is 0 Å². The standard InChI is InChI=1S/C12H20N4O/c1-9-7-13-8-11(9)12(17)14-5-3-10-4-6-15-16(10)2/h4,6,9,11,13H,3,5,7-8H2,1-2H3,(H,14,17)/t9-,11-/m1/s1. The molecule has 0 bridgehead atoms. The SMILES string of the molecule is C[C@@H]1CNC[C@H]1C(=O)NCCc1ccnn1C. The maximum Gasteiger partial charge on any atom is 0.224 e. The molecule has 2 atom stereocenters. The van der Waals surface area contributed by atoms with Gasteiger partial charge in [0.1, 0.15) is 0 Å². The zero-order valence-electron chi connectivity index (χ0n) is 10.4. The predicted octanol–water partition coefficient (Wildman–Crippen LogP) is -0.0657. The Morgan fingerprint density at radius 3 is 3.06 bits per heavy atom. The number of aromatic nitrogens is 2. The highest BCUT2D eigenvalue weighted by Crippen LogP contribution is 2.15. The highest BCUT2D eigenvalue weighted by molar-refractivity contribution is 5.79. The molecule has 2 N–H and O–H groups in total. The van der Waals surface area contributed by atoms with Crippen LogP contribution in [0.5, 0.6) is 0 Å². The van der Waals surface area contributed by atoms with E-state index in [1.165, 1.54) is 0 Å². The number of carbonyl (C=O) groups excluding carboxylic acids is 1. The Morgan fingerprint density at radius 1 is 1.65 bits per heavy atom. The zero-order chi connectivity index (χ0) is 12.3. The molecule has 0 aromatic carbocycles. The van der Waals surface area contributed by atoms with Crippen LogP contribution in [0.3, 0.4) is 0 Å². The quantitative estimate of drug-likeness (QED) is 0.769. The first kappa shape index (κ1) is 12.1. The second kappa shape index (κ2) is 5.31. The fourth-order valence-electron chi connectivity index (χ4n) is 2.25. The van der Waals surface area contributed by atoms with Gasteiger partial charge in [-0.05, 0) is 18.5 Å². The minimum Gasteiger partial charge on any atom is -0.355 e. The Hall–Kier alpha value is -1.36. The first-order chi connectivity index (χ1) is 8.18. The van der Waals surface area contributed by atoms with E-state index in [1.54, 1.807) is 6.20 Å². The van der Waals surface area contributed by atoms with Gasteiger partial charge in [0.15, 0.2) is 0 Å². The van der Waals surface area contributed by atoms with Gasteiger partial charge in [0, 0.05) is 38.4 Å². The van der Waals surface area contributed by atoms with Gasteiger partial charge in [0.05, 0.1) is 5.92 Å². The Kier molecular flexibility index (Phi) is 3.78. The molecular formula is C12H20N4O. The Labute approximate surface area is 102 Å². The number of hydrogen-bond acceptors (Lipinski definition) is 3. The van der Waals surface area contributed by atoms with E-state index in [-0.39, 0.29) is 11.8 Å². The van der Waals surface area contributed by atoms with Crippen molar-refractivity contribution in [1.29, 1.82) is 0 Å². The second-order valence-electron chi connectivity index (χ2n) is 4.73. The zero-order valence-corrected chi connectivity index (χ0v) is 10.4. The normalized spacial score (nSPS) is 23.9. The van der Waals surface area contributed by atoms with Crippen LogP contribution in [-0.4, -0.2) is 35.3 Å². The molecule has 2 rings (SSSR count). The van der Waals surface area contributed by atoms with Gasteiger partial charge < -0.3 is 10.6 Å². The predicted molar refractivity (Wildman–Crippen MR) is 65.4 cm³/mol. The summed E-state index contributed by atoms with van der Waals surface area (Å²) in [5.41, 5.74) is 1.14. The van der Waals surface area contributed by atoms with Crippen LogP contribution in [0.2, 0.25) is 0 Å². The van der Waals surface area contributed by atoms with E-state index >= 15 is 0 Å². The average Bonchev–Trinajstić information content (AvgIpc) is 2.88. The van der Waals surface area contributed by atoms with E-state index in [0.717, 1.165) is 25.2 Å². The van der Waals surface area contributed by atoms with Crippen LogP contribution in [-0.2, 0) is 18.3 Å². The van der Waals surface area contributed by atoms with Gasteiger partial charge in [0.2, 0.25) is 5.91 Å². The van der Waals surface area contributed by atoms with E-state index in [2.05, 4.69) is 22.7 Å². The second-order valence-corrected chi connectivity index (χ2v) is 4.73. The molecule has 2 heterocycles. The fourth-order valence-corrected chi connectivity index (χ4v) is 2.25. The van der Waals surface area contributed by atoms with Gasteiger partial charge in [-0.15, -0.1) is 0 Å². The number of carbonyl (C=O) groups is 1. The monoisotopic (exact) mass is 236 g/mol. The summed E-state index contributed by atoms with van der Waals surface area (Å²) in [6.45, 7) is 4.55. The summed E-state index contributed by atoms with van der Waals surface area (Å²) in [7, 11) is 1.92. The van der Waals surface area contributed by atoms with Crippen molar-refractivity contribution in [3.63, 3.8) is 0 Å². The van der Waals surface area contributed by atoms with Gasteiger partial charge in [-0.3, -0.25) is 9.48 Å². The van der Waals surface area contributed by atoms with Crippen LogP contribution in [0, 0.1) is 11.8 Å². The van der Waals surface area contributed by atoms with Crippen molar-refractivity contribution in [2.45, 2.75) is 13.3 Å². The lowest BCUT2D eigenvalue weighted by Gasteiger charge is -2.14. The maximum absolute atomic E-state index is 11.9. The van der Waals surface area contributed by atoms with Gasteiger partial charge in [0.25, 0.3) is 0 Å². The minimum absolute atomic E-state index is 0.126. The van der Waals surface area contributed by atoms with Crippen molar-refractivity contribution in [3.8, 4) is 0 Å². The maximum atomic E-state index is 11.9. The van der Waals surface area contributed by atoms with Crippen molar-refractivity contribution in [2.75, 3.05) is 19.6 Å². The summed E-state index contributed by atoms with van der Waals surface area (Å²) in [5, 5.41) is 10.3. The molecule has 5 nitrogen and oxygen atoms in total. The van der Waals surface area contributed by atoms with Crippen molar-refractivity contribution in [1.82, 2.24) is 20.4 Å². The molecule has 1 saturated heterocycles. The van der Waals surface area contributed by atoms with E-state index in [1.807, 2.05) is 17.8 Å². The topological polar surface area (TPSA) is 59.0 Å². The first-order valence-electron chi connectivity index (χ1n) is 6.14. The van der Waals surface area contributed by atoms with Gasteiger partial charge in [-0.2, -0.15) is 5.10 Å². The Morgan fingerprint density at radius 2 is 2.47 bits per heavy atom. The lowest BCUT2D eigenvalue weighted by Crippen LogP contribution is -2.35. The van der Waals surface area contributed by atoms with Crippen molar-refractivity contribution in [3.05, 3.63) is 18.0 Å². The third-order valence-electron chi connectivity index (χ3n) is 3.46. The number of hydrogen-bond donors (Lipinski definition) is 2. The summed E-state index contributed by atoms with van der Waals surface area (Å²) < 4.78 is 1.84. The number of nitrogens with one attached hydrogen (secondary N) is 2. The number of nitrogens with zero attached hydrogens (tertiary/aromatic N) is 2. The highest BCUT2D eigenvalue weighted by atomic mass is 16.1. The third kappa shape index (κ3) is 2.85. The Balaban J connectivity index is 1.75. The highest BCUT2D eigenvalue weighted by Gasteiger charge is 2.28. The average molecular weight is 236 g/mol. The molecule has 0 unspecified atom stereocenters. The molecule has 1 fully saturated rings. The van der Waals surface area contributed by atoms with E-state index in [0.29, 0.717) is 12.5 Å². The molecular weight excluding hydrogens is 216 g/mol. The van der Waals surface area contributed by atoms with Gasteiger partial charge >= 0.3 is 0 Å². The van der Waals surface area contributed by atoms with Gasteiger partial charge in [-0.25, -0.2) is 0 Å².